The highest BCUT2D eigenvalue weighted by molar-refractivity contribution is 5.07. The summed E-state index contributed by atoms with van der Waals surface area (Å²) in [7, 11) is 0. The van der Waals surface area contributed by atoms with Gasteiger partial charge in [-0.15, -0.1) is 0 Å². The first kappa shape index (κ1) is 8.69. The van der Waals surface area contributed by atoms with Gasteiger partial charge in [-0.05, 0) is 19.3 Å². The molecule has 3 N–H and O–H groups in total. The minimum atomic E-state index is 0.323. The first-order valence-corrected chi connectivity index (χ1v) is 4.97. The monoisotopic (exact) mass is 180 g/mol. The van der Waals surface area contributed by atoms with Gasteiger partial charge < -0.3 is 5.73 Å². The molecule has 13 heavy (non-hydrogen) atoms. The summed E-state index contributed by atoms with van der Waals surface area (Å²) in [6.07, 6.45) is 3.53. The Hall–Kier alpha value is -0.900. The van der Waals surface area contributed by atoms with E-state index in [4.69, 9.17) is 5.73 Å². The van der Waals surface area contributed by atoms with Crippen LogP contribution in [0.5, 0.6) is 0 Å². The molecule has 0 aromatic carbocycles. The fourth-order valence-electron chi connectivity index (χ4n) is 1.46. The normalized spacial score (nSPS) is 18.9. The molecule has 1 aliphatic carbocycles. The molecular weight excluding hydrogens is 164 g/mol. The molecule has 72 valence electrons. The van der Waals surface area contributed by atoms with Gasteiger partial charge in [0.1, 0.15) is 5.82 Å². The van der Waals surface area contributed by atoms with Gasteiger partial charge >= 0.3 is 0 Å². The van der Waals surface area contributed by atoms with E-state index in [2.05, 4.69) is 22.1 Å². The van der Waals surface area contributed by atoms with Crippen LogP contribution >= 0.6 is 0 Å². The van der Waals surface area contributed by atoms with Crippen molar-refractivity contribution in [2.75, 3.05) is 6.54 Å². The molecule has 1 fully saturated rings. The van der Waals surface area contributed by atoms with Crippen LogP contribution in [0.4, 0.5) is 0 Å². The summed E-state index contributed by atoms with van der Waals surface area (Å²) in [5.41, 5.74) is 5.62. The third kappa shape index (κ3) is 1.72. The summed E-state index contributed by atoms with van der Waals surface area (Å²) >= 11 is 0. The molecular formula is C9H16N4. The zero-order valence-electron chi connectivity index (χ0n) is 7.95. The quantitative estimate of drug-likeness (QED) is 0.730. The SMILES string of the molecule is CCC(CN)c1n[nH]c(C2CC2)n1. The van der Waals surface area contributed by atoms with Crippen LogP contribution in [0.25, 0.3) is 0 Å². The van der Waals surface area contributed by atoms with Crippen LogP contribution in [0.15, 0.2) is 0 Å². The van der Waals surface area contributed by atoms with Gasteiger partial charge in [0.05, 0.1) is 0 Å². The van der Waals surface area contributed by atoms with Crippen LogP contribution in [-0.4, -0.2) is 21.7 Å². The first-order chi connectivity index (χ1) is 6.35. The van der Waals surface area contributed by atoms with E-state index >= 15 is 0 Å². The Balaban J connectivity index is 2.10. The van der Waals surface area contributed by atoms with Crippen molar-refractivity contribution < 1.29 is 0 Å². The molecule has 4 heteroatoms. The Morgan fingerprint density at radius 1 is 1.62 bits per heavy atom. The fourth-order valence-corrected chi connectivity index (χ4v) is 1.46. The van der Waals surface area contributed by atoms with Crippen molar-refractivity contribution in [1.29, 1.82) is 0 Å². The zero-order valence-corrected chi connectivity index (χ0v) is 7.95. The molecule has 0 saturated heterocycles. The van der Waals surface area contributed by atoms with E-state index in [-0.39, 0.29) is 0 Å². The molecule has 1 aromatic rings. The molecule has 1 aliphatic rings. The van der Waals surface area contributed by atoms with Gasteiger partial charge in [0.2, 0.25) is 0 Å². The third-order valence-corrected chi connectivity index (χ3v) is 2.63. The maximum atomic E-state index is 5.62. The number of rotatable bonds is 4. The highest BCUT2D eigenvalue weighted by Gasteiger charge is 2.27. The van der Waals surface area contributed by atoms with Crippen molar-refractivity contribution in [3.8, 4) is 0 Å². The summed E-state index contributed by atoms with van der Waals surface area (Å²) in [5, 5.41) is 7.20. The number of hydrogen-bond donors (Lipinski definition) is 2. The number of nitrogens with one attached hydrogen (secondary N) is 1. The van der Waals surface area contributed by atoms with Crippen molar-refractivity contribution in [3.05, 3.63) is 11.6 Å². The van der Waals surface area contributed by atoms with Crippen molar-refractivity contribution in [3.63, 3.8) is 0 Å². The fraction of sp³-hybridized carbons (Fsp3) is 0.778. The first-order valence-electron chi connectivity index (χ1n) is 4.97. The van der Waals surface area contributed by atoms with Gasteiger partial charge in [0, 0.05) is 18.4 Å². The molecule has 0 bridgehead atoms. The van der Waals surface area contributed by atoms with Crippen molar-refractivity contribution >= 4 is 0 Å². The smallest absolute Gasteiger partial charge is 0.155 e. The van der Waals surface area contributed by atoms with Gasteiger partial charge in [0.25, 0.3) is 0 Å². The molecule has 1 aromatic heterocycles. The Kier molecular flexibility index (Phi) is 2.31. The van der Waals surface area contributed by atoms with Gasteiger partial charge in [0.15, 0.2) is 5.82 Å². The van der Waals surface area contributed by atoms with Gasteiger partial charge in [-0.25, -0.2) is 4.98 Å². The largest absolute Gasteiger partial charge is 0.330 e. The predicted octanol–water partition coefficient (Wildman–Crippen LogP) is 1.13. The topological polar surface area (TPSA) is 67.6 Å². The summed E-state index contributed by atoms with van der Waals surface area (Å²) in [5.74, 6) is 2.93. The Bertz CT molecular complexity index is 273. The van der Waals surface area contributed by atoms with Gasteiger partial charge in [-0.2, -0.15) is 5.10 Å². The van der Waals surface area contributed by atoms with Gasteiger partial charge in [-0.1, -0.05) is 6.92 Å². The average Bonchev–Trinajstić information content (AvgIpc) is 2.89. The number of aromatic amines is 1. The molecule has 2 rings (SSSR count). The molecule has 0 amide bonds. The summed E-state index contributed by atoms with van der Waals surface area (Å²) in [4.78, 5) is 4.47. The summed E-state index contributed by atoms with van der Waals surface area (Å²) in [6.45, 7) is 2.75. The number of H-pyrrole nitrogens is 1. The number of hydrogen-bond acceptors (Lipinski definition) is 3. The number of nitrogens with two attached hydrogens (primary N) is 1. The average molecular weight is 180 g/mol. The zero-order chi connectivity index (χ0) is 9.26. The van der Waals surface area contributed by atoms with Crippen LogP contribution in [0.1, 0.15) is 49.7 Å². The molecule has 0 spiro atoms. The third-order valence-electron chi connectivity index (χ3n) is 2.63. The highest BCUT2D eigenvalue weighted by Crippen LogP contribution is 2.38. The number of aromatic nitrogens is 3. The van der Waals surface area contributed by atoms with E-state index in [9.17, 15) is 0 Å². The van der Waals surface area contributed by atoms with E-state index in [1.54, 1.807) is 0 Å². The second kappa shape index (κ2) is 3.46. The van der Waals surface area contributed by atoms with E-state index in [1.807, 2.05) is 0 Å². The highest BCUT2D eigenvalue weighted by atomic mass is 15.2. The lowest BCUT2D eigenvalue weighted by molar-refractivity contribution is 0.633. The lowest BCUT2D eigenvalue weighted by atomic mass is 10.1. The van der Waals surface area contributed by atoms with Crippen LogP contribution in [0.3, 0.4) is 0 Å². The van der Waals surface area contributed by atoms with E-state index in [1.165, 1.54) is 12.8 Å². The van der Waals surface area contributed by atoms with Gasteiger partial charge in [-0.3, -0.25) is 5.10 Å². The Morgan fingerprint density at radius 2 is 2.38 bits per heavy atom. The molecule has 0 aliphatic heterocycles. The minimum Gasteiger partial charge on any atom is -0.330 e. The minimum absolute atomic E-state index is 0.323. The molecule has 0 radical (unpaired) electrons. The lowest BCUT2D eigenvalue weighted by Gasteiger charge is -2.05. The second-order valence-corrected chi connectivity index (χ2v) is 3.69. The van der Waals surface area contributed by atoms with E-state index in [0.717, 1.165) is 18.1 Å². The van der Waals surface area contributed by atoms with Crippen LogP contribution in [-0.2, 0) is 0 Å². The molecule has 4 nitrogen and oxygen atoms in total. The molecule has 1 heterocycles. The van der Waals surface area contributed by atoms with Crippen LogP contribution in [0, 0.1) is 0 Å². The van der Waals surface area contributed by atoms with E-state index in [0.29, 0.717) is 18.4 Å². The van der Waals surface area contributed by atoms with Crippen molar-refractivity contribution in [2.24, 2.45) is 5.73 Å². The maximum Gasteiger partial charge on any atom is 0.155 e. The summed E-state index contributed by atoms with van der Waals surface area (Å²) in [6, 6.07) is 0. The van der Waals surface area contributed by atoms with E-state index < -0.39 is 0 Å². The molecule has 1 unspecified atom stereocenters. The summed E-state index contributed by atoms with van der Waals surface area (Å²) < 4.78 is 0. The Morgan fingerprint density at radius 3 is 2.92 bits per heavy atom. The number of nitrogens with zero attached hydrogens (tertiary/aromatic N) is 2. The van der Waals surface area contributed by atoms with Crippen molar-refractivity contribution in [1.82, 2.24) is 15.2 Å². The van der Waals surface area contributed by atoms with Crippen molar-refractivity contribution in [2.45, 2.75) is 38.0 Å². The lowest BCUT2D eigenvalue weighted by Crippen LogP contribution is -2.12. The second-order valence-electron chi connectivity index (χ2n) is 3.69. The molecule has 1 atom stereocenters. The molecule has 1 saturated carbocycles. The predicted molar refractivity (Wildman–Crippen MR) is 50.4 cm³/mol. The Labute approximate surface area is 77.9 Å². The van der Waals surface area contributed by atoms with Crippen LogP contribution < -0.4 is 5.73 Å². The van der Waals surface area contributed by atoms with Crippen LogP contribution in [0.2, 0.25) is 0 Å². The maximum absolute atomic E-state index is 5.62. The standard InChI is InChI=1S/C9H16N4/c1-2-6(5-10)8-11-9(13-12-8)7-3-4-7/h6-7H,2-5,10H2,1H3,(H,11,12,13).